The van der Waals surface area contributed by atoms with Crippen molar-refractivity contribution in [1.29, 1.82) is 0 Å². The molecule has 120 valence electrons. The molecule has 0 atom stereocenters. The Kier molecular flexibility index (Phi) is 6.76. The third kappa shape index (κ3) is 5.68. The molecule has 1 rings (SSSR count). The summed E-state index contributed by atoms with van der Waals surface area (Å²) in [4.78, 5) is 34.1. The first-order chi connectivity index (χ1) is 10.3. The number of benzene rings is 1. The quantitative estimate of drug-likeness (QED) is 0.723. The van der Waals surface area contributed by atoms with E-state index in [0.717, 1.165) is 22.3 Å². The second kappa shape index (κ2) is 8.32. The molecule has 5 heteroatoms. The van der Waals surface area contributed by atoms with Gasteiger partial charge in [0.05, 0.1) is 6.42 Å². The van der Waals surface area contributed by atoms with Crippen LogP contribution >= 0.6 is 0 Å². The van der Waals surface area contributed by atoms with Gasteiger partial charge in [0.15, 0.2) is 5.78 Å². The van der Waals surface area contributed by atoms with E-state index in [2.05, 4.69) is 5.32 Å². The maximum absolute atomic E-state index is 12.3. The summed E-state index contributed by atoms with van der Waals surface area (Å²) < 4.78 is 0. The van der Waals surface area contributed by atoms with Gasteiger partial charge >= 0.3 is 5.97 Å². The Morgan fingerprint density at radius 2 is 1.59 bits per heavy atom. The van der Waals surface area contributed by atoms with Crippen molar-refractivity contribution in [2.75, 3.05) is 6.54 Å². The smallest absolute Gasteiger partial charge is 0.305 e. The summed E-state index contributed by atoms with van der Waals surface area (Å²) in [7, 11) is 0. The summed E-state index contributed by atoms with van der Waals surface area (Å²) in [6, 6.07) is 3.97. The Morgan fingerprint density at radius 1 is 1.00 bits per heavy atom. The lowest BCUT2D eigenvalue weighted by molar-refractivity contribution is -0.136. The van der Waals surface area contributed by atoms with Crippen LogP contribution in [0.1, 0.15) is 52.7 Å². The minimum Gasteiger partial charge on any atom is -0.481 e. The predicted molar refractivity (Wildman–Crippen MR) is 84.1 cm³/mol. The van der Waals surface area contributed by atoms with Gasteiger partial charge in [-0.2, -0.15) is 0 Å². The molecule has 0 saturated heterocycles. The monoisotopic (exact) mass is 305 g/mol. The highest BCUT2D eigenvalue weighted by Gasteiger charge is 2.13. The van der Waals surface area contributed by atoms with Gasteiger partial charge < -0.3 is 10.4 Å². The molecule has 0 aliphatic carbocycles. The molecule has 0 unspecified atom stereocenters. The summed E-state index contributed by atoms with van der Waals surface area (Å²) in [6.07, 6.45) is 0.920. The number of ketones is 1. The highest BCUT2D eigenvalue weighted by Crippen LogP contribution is 2.19. The molecule has 0 bridgehead atoms. The van der Waals surface area contributed by atoms with Crippen LogP contribution in [0.5, 0.6) is 0 Å². The summed E-state index contributed by atoms with van der Waals surface area (Å²) in [5.41, 5.74) is 3.81. The SMILES string of the molecule is Cc1cc(C)c(C(=O)CCCC(=O)NCCC(=O)O)c(C)c1. The van der Waals surface area contributed by atoms with Crippen LogP contribution in [0.3, 0.4) is 0 Å². The lowest BCUT2D eigenvalue weighted by Crippen LogP contribution is -2.25. The van der Waals surface area contributed by atoms with Gasteiger partial charge in [-0.3, -0.25) is 14.4 Å². The number of nitrogens with one attached hydrogen (secondary N) is 1. The van der Waals surface area contributed by atoms with Crippen LogP contribution in [0.4, 0.5) is 0 Å². The van der Waals surface area contributed by atoms with Crippen molar-refractivity contribution in [2.45, 2.75) is 46.5 Å². The van der Waals surface area contributed by atoms with E-state index < -0.39 is 5.97 Å². The first-order valence-electron chi connectivity index (χ1n) is 7.40. The second-order valence-corrected chi connectivity index (χ2v) is 5.54. The third-order valence-corrected chi connectivity index (χ3v) is 3.42. The minimum atomic E-state index is -0.944. The van der Waals surface area contributed by atoms with Crippen molar-refractivity contribution >= 4 is 17.7 Å². The van der Waals surface area contributed by atoms with E-state index in [0.29, 0.717) is 12.8 Å². The zero-order chi connectivity index (χ0) is 16.7. The van der Waals surface area contributed by atoms with Gasteiger partial charge in [0.1, 0.15) is 0 Å². The average Bonchev–Trinajstić information content (AvgIpc) is 2.36. The molecule has 0 heterocycles. The van der Waals surface area contributed by atoms with Gasteiger partial charge in [-0.1, -0.05) is 17.7 Å². The first-order valence-corrected chi connectivity index (χ1v) is 7.40. The molecule has 0 aliphatic rings. The first kappa shape index (κ1) is 17.9. The van der Waals surface area contributed by atoms with Crippen molar-refractivity contribution in [1.82, 2.24) is 5.32 Å². The van der Waals surface area contributed by atoms with Gasteiger partial charge in [-0.25, -0.2) is 0 Å². The molecule has 1 aromatic rings. The molecule has 0 spiro atoms. The summed E-state index contributed by atoms with van der Waals surface area (Å²) in [6.45, 7) is 5.96. The number of aliphatic carboxylic acids is 1. The van der Waals surface area contributed by atoms with Crippen molar-refractivity contribution < 1.29 is 19.5 Å². The number of carboxylic acid groups (broad SMARTS) is 1. The molecule has 1 aromatic carbocycles. The molecule has 1 amide bonds. The molecular weight excluding hydrogens is 282 g/mol. The van der Waals surface area contributed by atoms with E-state index in [1.54, 1.807) is 0 Å². The van der Waals surface area contributed by atoms with E-state index in [-0.39, 0.29) is 31.1 Å². The van der Waals surface area contributed by atoms with E-state index in [4.69, 9.17) is 5.11 Å². The van der Waals surface area contributed by atoms with E-state index >= 15 is 0 Å². The van der Waals surface area contributed by atoms with Crippen LogP contribution in [-0.4, -0.2) is 29.3 Å². The van der Waals surface area contributed by atoms with Crippen LogP contribution in [-0.2, 0) is 9.59 Å². The molecule has 5 nitrogen and oxygen atoms in total. The Morgan fingerprint density at radius 3 is 2.14 bits per heavy atom. The number of Topliss-reactive ketones (excluding diaryl/α,β-unsaturated/α-hetero) is 1. The lowest BCUT2D eigenvalue weighted by Gasteiger charge is -2.10. The Labute approximate surface area is 130 Å². The Balaban J connectivity index is 2.44. The topological polar surface area (TPSA) is 83.5 Å². The van der Waals surface area contributed by atoms with Crippen LogP contribution < -0.4 is 5.32 Å². The van der Waals surface area contributed by atoms with E-state index in [1.165, 1.54) is 0 Å². The van der Waals surface area contributed by atoms with Gasteiger partial charge in [0.25, 0.3) is 0 Å². The summed E-state index contributed by atoms with van der Waals surface area (Å²) in [5, 5.41) is 11.0. The Bertz CT molecular complexity index is 555. The molecule has 0 saturated carbocycles. The summed E-state index contributed by atoms with van der Waals surface area (Å²) >= 11 is 0. The highest BCUT2D eigenvalue weighted by molar-refractivity contribution is 5.99. The number of carbonyl (C=O) groups excluding carboxylic acids is 2. The zero-order valence-electron chi connectivity index (χ0n) is 13.4. The van der Waals surface area contributed by atoms with Gasteiger partial charge in [0, 0.05) is 24.9 Å². The van der Waals surface area contributed by atoms with Crippen molar-refractivity contribution in [3.05, 3.63) is 34.4 Å². The predicted octanol–water partition coefficient (Wildman–Crippen LogP) is 2.56. The Hall–Kier alpha value is -2.17. The molecule has 0 aromatic heterocycles. The standard InChI is InChI=1S/C17H23NO4/c1-11-9-12(2)17(13(3)10-11)14(19)5-4-6-15(20)18-8-7-16(21)22/h9-10H,4-8H2,1-3H3,(H,18,20)(H,21,22). The van der Waals surface area contributed by atoms with Crippen LogP contribution in [0.25, 0.3) is 0 Å². The fraction of sp³-hybridized carbons (Fsp3) is 0.471. The molecule has 0 aliphatic heterocycles. The molecular formula is C17H23NO4. The third-order valence-electron chi connectivity index (χ3n) is 3.42. The number of carboxylic acids is 1. The zero-order valence-corrected chi connectivity index (χ0v) is 13.4. The molecule has 0 fully saturated rings. The highest BCUT2D eigenvalue weighted by atomic mass is 16.4. The van der Waals surface area contributed by atoms with Gasteiger partial charge in [-0.05, 0) is 38.3 Å². The van der Waals surface area contributed by atoms with E-state index in [1.807, 2.05) is 32.9 Å². The van der Waals surface area contributed by atoms with Crippen molar-refractivity contribution in [3.63, 3.8) is 0 Å². The number of hydrogen-bond donors (Lipinski definition) is 2. The van der Waals surface area contributed by atoms with Crippen molar-refractivity contribution in [2.24, 2.45) is 0 Å². The van der Waals surface area contributed by atoms with Crippen LogP contribution in [0.2, 0.25) is 0 Å². The largest absolute Gasteiger partial charge is 0.481 e. The summed E-state index contributed by atoms with van der Waals surface area (Å²) in [5.74, 6) is -1.11. The van der Waals surface area contributed by atoms with Crippen LogP contribution in [0.15, 0.2) is 12.1 Å². The number of hydrogen-bond acceptors (Lipinski definition) is 3. The number of rotatable bonds is 8. The van der Waals surface area contributed by atoms with Gasteiger partial charge in [-0.15, -0.1) is 0 Å². The van der Waals surface area contributed by atoms with E-state index in [9.17, 15) is 14.4 Å². The normalized spacial score (nSPS) is 10.3. The maximum Gasteiger partial charge on any atom is 0.305 e. The fourth-order valence-electron chi connectivity index (χ4n) is 2.55. The maximum atomic E-state index is 12.3. The molecule has 0 radical (unpaired) electrons. The lowest BCUT2D eigenvalue weighted by atomic mass is 9.94. The number of carbonyl (C=O) groups is 3. The minimum absolute atomic E-state index is 0.0494. The number of amides is 1. The fourth-order valence-corrected chi connectivity index (χ4v) is 2.55. The molecule has 22 heavy (non-hydrogen) atoms. The second-order valence-electron chi connectivity index (χ2n) is 5.54. The van der Waals surface area contributed by atoms with Crippen molar-refractivity contribution in [3.8, 4) is 0 Å². The number of aryl methyl sites for hydroxylation is 3. The average molecular weight is 305 g/mol. The molecule has 2 N–H and O–H groups in total. The van der Waals surface area contributed by atoms with Crippen LogP contribution in [0, 0.1) is 20.8 Å². The van der Waals surface area contributed by atoms with Gasteiger partial charge in [0.2, 0.25) is 5.91 Å².